The molecule has 1 aromatic heterocycles. The van der Waals surface area contributed by atoms with Crippen molar-refractivity contribution in [1.82, 2.24) is 0 Å². The maximum Gasteiger partial charge on any atom is 0.338 e. The highest BCUT2D eigenvalue weighted by atomic mass is 32.1. The first-order chi connectivity index (χ1) is 9.04. The molecule has 0 radical (unpaired) electrons. The van der Waals surface area contributed by atoms with Crippen LogP contribution in [0.25, 0.3) is 0 Å². The molecule has 0 spiro atoms. The number of fused-ring (bicyclic) bond motifs is 2. The van der Waals surface area contributed by atoms with Crippen molar-refractivity contribution in [3.05, 3.63) is 16.5 Å². The maximum atomic E-state index is 12.3. The molecule has 3 rings (SSSR count). The fourth-order valence-corrected chi connectivity index (χ4v) is 4.44. The second-order valence-electron chi connectivity index (χ2n) is 5.68. The summed E-state index contributed by atoms with van der Waals surface area (Å²) in [5.41, 5.74) is 0.207. The number of hydrogen-bond donors (Lipinski definition) is 2. The van der Waals surface area contributed by atoms with Gasteiger partial charge >= 0.3 is 5.97 Å². The highest BCUT2D eigenvalue weighted by molar-refractivity contribution is 7.16. The summed E-state index contributed by atoms with van der Waals surface area (Å²) in [7, 11) is 0. The zero-order valence-electron chi connectivity index (χ0n) is 10.8. The first-order valence-electron chi connectivity index (χ1n) is 6.69. The number of hydrogen-bond acceptors (Lipinski definition) is 3. The highest BCUT2D eigenvalue weighted by Crippen LogP contribution is 2.48. The first kappa shape index (κ1) is 12.7. The third-order valence-corrected chi connectivity index (χ3v) is 5.36. The Morgan fingerprint density at radius 2 is 2.16 bits per heavy atom. The molecule has 1 aromatic rings. The zero-order chi connectivity index (χ0) is 13.6. The van der Waals surface area contributed by atoms with Crippen LogP contribution < -0.4 is 5.32 Å². The Balaban J connectivity index is 1.74. The summed E-state index contributed by atoms with van der Waals surface area (Å²) >= 11 is 1.34. The van der Waals surface area contributed by atoms with Crippen LogP contribution in [0.5, 0.6) is 0 Å². The van der Waals surface area contributed by atoms with Gasteiger partial charge in [0, 0.05) is 10.8 Å². The van der Waals surface area contributed by atoms with Crippen LogP contribution in [-0.2, 0) is 4.79 Å². The Morgan fingerprint density at radius 3 is 2.74 bits per heavy atom. The number of aromatic carboxylic acids is 1. The van der Waals surface area contributed by atoms with Crippen molar-refractivity contribution in [2.24, 2.45) is 17.8 Å². The van der Waals surface area contributed by atoms with E-state index >= 15 is 0 Å². The van der Waals surface area contributed by atoms with Crippen LogP contribution in [0.3, 0.4) is 0 Å². The summed E-state index contributed by atoms with van der Waals surface area (Å²) in [6, 6.07) is 1.61. The van der Waals surface area contributed by atoms with Crippen LogP contribution in [0.15, 0.2) is 6.07 Å². The molecule has 2 fully saturated rings. The standard InChI is InChI=1S/C14H17NO3S/c1-7-4-11(14(17)18)13(19-7)15-12(16)10-6-8-2-3-9(10)5-8/h4,8-10H,2-3,5-6H2,1H3,(H,15,16)(H,17,18). The molecule has 5 heteroatoms. The number of carboxylic acid groups (broad SMARTS) is 1. The number of amides is 1. The lowest BCUT2D eigenvalue weighted by Crippen LogP contribution is -2.27. The zero-order valence-corrected chi connectivity index (χ0v) is 11.6. The lowest BCUT2D eigenvalue weighted by molar-refractivity contribution is -0.121. The van der Waals surface area contributed by atoms with Gasteiger partial charge in [-0.2, -0.15) is 0 Å². The normalized spacial score (nSPS) is 28.6. The Labute approximate surface area is 115 Å². The molecule has 2 saturated carbocycles. The van der Waals surface area contributed by atoms with Crippen LogP contribution in [0, 0.1) is 24.7 Å². The van der Waals surface area contributed by atoms with Crippen LogP contribution in [0.1, 0.15) is 40.9 Å². The minimum atomic E-state index is -0.979. The second-order valence-corrected chi connectivity index (χ2v) is 6.93. The number of nitrogens with one attached hydrogen (secondary N) is 1. The number of aryl methyl sites for hydroxylation is 1. The van der Waals surface area contributed by atoms with E-state index in [0.717, 1.165) is 17.7 Å². The van der Waals surface area contributed by atoms with Gasteiger partial charge in [0.1, 0.15) is 5.00 Å². The smallest absolute Gasteiger partial charge is 0.338 e. The molecule has 102 valence electrons. The summed E-state index contributed by atoms with van der Waals surface area (Å²) in [5, 5.41) is 12.4. The summed E-state index contributed by atoms with van der Waals surface area (Å²) in [4.78, 5) is 24.3. The van der Waals surface area contributed by atoms with Crippen LogP contribution in [-0.4, -0.2) is 17.0 Å². The van der Waals surface area contributed by atoms with E-state index in [1.165, 1.54) is 24.2 Å². The van der Waals surface area contributed by atoms with Crippen LogP contribution in [0.4, 0.5) is 5.00 Å². The van der Waals surface area contributed by atoms with Gasteiger partial charge in [-0.1, -0.05) is 6.42 Å². The van der Waals surface area contributed by atoms with E-state index in [4.69, 9.17) is 5.11 Å². The second kappa shape index (κ2) is 4.63. The van der Waals surface area contributed by atoms with Gasteiger partial charge in [-0.15, -0.1) is 11.3 Å². The molecule has 2 aliphatic carbocycles. The predicted octanol–water partition coefficient (Wildman–Crippen LogP) is 3.13. The van der Waals surface area contributed by atoms with Crippen molar-refractivity contribution >= 4 is 28.2 Å². The van der Waals surface area contributed by atoms with Gasteiger partial charge in [0.15, 0.2) is 0 Å². The van der Waals surface area contributed by atoms with Crippen molar-refractivity contribution in [3.8, 4) is 0 Å². The minimum absolute atomic E-state index is 0.0107. The Bertz CT molecular complexity index is 537. The summed E-state index contributed by atoms with van der Waals surface area (Å²) in [5.74, 6) is 0.344. The molecule has 2 aliphatic rings. The summed E-state index contributed by atoms with van der Waals surface area (Å²) in [6.45, 7) is 1.85. The molecule has 0 aromatic carbocycles. The molecule has 3 unspecified atom stereocenters. The average molecular weight is 279 g/mol. The predicted molar refractivity (Wildman–Crippen MR) is 73.6 cm³/mol. The van der Waals surface area contributed by atoms with Crippen molar-refractivity contribution in [2.45, 2.75) is 32.6 Å². The van der Waals surface area contributed by atoms with Gasteiger partial charge in [-0.25, -0.2) is 4.79 Å². The first-order valence-corrected chi connectivity index (χ1v) is 7.51. The van der Waals surface area contributed by atoms with E-state index in [1.807, 2.05) is 6.92 Å². The maximum absolute atomic E-state index is 12.3. The quantitative estimate of drug-likeness (QED) is 0.893. The van der Waals surface area contributed by atoms with E-state index in [9.17, 15) is 9.59 Å². The number of carbonyl (C=O) groups is 2. The molecule has 1 amide bonds. The average Bonchev–Trinajstić information content (AvgIpc) is 3.03. The fourth-order valence-electron chi connectivity index (χ4n) is 3.54. The number of rotatable bonds is 3. The van der Waals surface area contributed by atoms with E-state index in [1.54, 1.807) is 6.07 Å². The van der Waals surface area contributed by atoms with Gasteiger partial charge in [-0.05, 0) is 44.1 Å². The SMILES string of the molecule is Cc1cc(C(=O)O)c(NC(=O)C2CC3CCC2C3)s1. The minimum Gasteiger partial charge on any atom is -0.478 e. The molecule has 2 N–H and O–H groups in total. The number of carbonyl (C=O) groups excluding carboxylic acids is 1. The van der Waals surface area contributed by atoms with Gasteiger partial charge < -0.3 is 10.4 Å². The fraction of sp³-hybridized carbons (Fsp3) is 0.571. The lowest BCUT2D eigenvalue weighted by Gasteiger charge is -2.20. The lowest BCUT2D eigenvalue weighted by atomic mass is 9.88. The Hall–Kier alpha value is -1.36. The molecular formula is C14H17NO3S. The van der Waals surface area contributed by atoms with Crippen LogP contribution in [0.2, 0.25) is 0 Å². The Kier molecular flexibility index (Phi) is 3.09. The molecule has 19 heavy (non-hydrogen) atoms. The van der Waals surface area contributed by atoms with Crippen molar-refractivity contribution in [2.75, 3.05) is 5.32 Å². The molecular weight excluding hydrogens is 262 g/mol. The van der Waals surface area contributed by atoms with Crippen molar-refractivity contribution < 1.29 is 14.7 Å². The van der Waals surface area contributed by atoms with Gasteiger partial charge in [0.2, 0.25) is 5.91 Å². The number of thiophene rings is 1. The van der Waals surface area contributed by atoms with Gasteiger partial charge in [0.05, 0.1) is 5.56 Å². The van der Waals surface area contributed by atoms with Crippen LogP contribution >= 0.6 is 11.3 Å². The Morgan fingerprint density at radius 1 is 1.37 bits per heavy atom. The van der Waals surface area contributed by atoms with E-state index in [2.05, 4.69) is 5.32 Å². The largest absolute Gasteiger partial charge is 0.478 e. The number of anilines is 1. The van der Waals surface area contributed by atoms with E-state index < -0.39 is 5.97 Å². The van der Waals surface area contributed by atoms with E-state index in [-0.39, 0.29) is 17.4 Å². The molecule has 1 heterocycles. The molecule has 4 nitrogen and oxygen atoms in total. The highest BCUT2D eigenvalue weighted by Gasteiger charge is 2.43. The van der Waals surface area contributed by atoms with Gasteiger partial charge in [-0.3, -0.25) is 4.79 Å². The summed E-state index contributed by atoms with van der Waals surface area (Å²) in [6.07, 6.45) is 4.56. The molecule has 3 atom stereocenters. The van der Waals surface area contributed by atoms with E-state index in [0.29, 0.717) is 16.8 Å². The van der Waals surface area contributed by atoms with Gasteiger partial charge in [0.25, 0.3) is 0 Å². The third-order valence-electron chi connectivity index (χ3n) is 4.40. The number of carboxylic acids is 1. The van der Waals surface area contributed by atoms with Crippen molar-refractivity contribution in [1.29, 1.82) is 0 Å². The molecule has 0 aliphatic heterocycles. The topological polar surface area (TPSA) is 66.4 Å². The third kappa shape index (κ3) is 2.27. The molecule has 2 bridgehead atoms. The van der Waals surface area contributed by atoms with Crippen molar-refractivity contribution in [3.63, 3.8) is 0 Å². The summed E-state index contributed by atoms with van der Waals surface area (Å²) < 4.78 is 0. The monoisotopic (exact) mass is 279 g/mol. The molecule has 0 saturated heterocycles.